The van der Waals surface area contributed by atoms with E-state index in [1.54, 1.807) is 11.1 Å². The van der Waals surface area contributed by atoms with Gasteiger partial charge in [-0.2, -0.15) is 0 Å². The Bertz CT molecular complexity index is 2370. The quantitative estimate of drug-likeness (QED) is 0.178. The van der Waals surface area contributed by atoms with Crippen LogP contribution in [-0.4, -0.2) is 12.8 Å². The topological polar surface area (TPSA) is 15.3 Å². The Hall–Kier alpha value is -4.02. The van der Waals surface area contributed by atoms with Gasteiger partial charge in [0, 0.05) is 27.7 Å². The van der Waals surface area contributed by atoms with E-state index >= 15 is 0 Å². The second-order valence-electron chi connectivity index (χ2n) is 21.8. The first-order valence-electron chi connectivity index (χ1n) is 23.2. The number of hydrogen-bond acceptors (Lipinski definition) is 3. The molecule has 3 aromatic carbocycles. The highest BCUT2D eigenvalue weighted by atomic mass is 32.1. The van der Waals surface area contributed by atoms with Crippen molar-refractivity contribution in [2.75, 3.05) is 10.2 Å². The van der Waals surface area contributed by atoms with Crippen LogP contribution in [0.3, 0.4) is 0 Å². The lowest BCUT2D eigenvalue weighted by molar-refractivity contribution is 0.420. The molecule has 0 amide bonds. The third kappa shape index (κ3) is 8.32. The van der Waals surface area contributed by atoms with Gasteiger partial charge in [-0.25, -0.2) is 0 Å². The SMILES string of the molecule is Cc1cc(N/C=C/CC(C)(C)C)c2c(c1)N(C1C=CC(C(C)C)=CC1C1C=CC(C(C)C)=CC1)c1ccc(C(C)(C)C)cc1B2c1cc2cc3c(cc2s1)C(C)CCC3C. The van der Waals surface area contributed by atoms with Crippen LogP contribution in [0.15, 0.2) is 108 Å². The highest BCUT2D eigenvalue weighted by Gasteiger charge is 2.43. The Labute approximate surface area is 368 Å². The van der Waals surface area contributed by atoms with Crippen LogP contribution >= 0.6 is 11.3 Å². The Kier molecular flexibility index (Phi) is 11.6. The molecule has 8 rings (SSSR count). The molecule has 1 N–H and O–H groups in total. The molecule has 0 bridgehead atoms. The lowest BCUT2D eigenvalue weighted by Gasteiger charge is -2.46. The van der Waals surface area contributed by atoms with E-state index in [9.17, 15) is 0 Å². The predicted octanol–water partition coefficient (Wildman–Crippen LogP) is 14.1. The first-order valence-corrected chi connectivity index (χ1v) is 24.0. The first kappa shape index (κ1) is 42.7. The smallest absolute Gasteiger partial charge is 0.261 e. The minimum Gasteiger partial charge on any atom is -0.362 e. The van der Waals surface area contributed by atoms with Crippen molar-refractivity contribution in [3.05, 3.63) is 131 Å². The highest BCUT2D eigenvalue weighted by Crippen LogP contribution is 2.45. The van der Waals surface area contributed by atoms with E-state index in [-0.39, 0.29) is 23.6 Å². The maximum absolute atomic E-state index is 3.94. The molecule has 4 aromatic rings. The van der Waals surface area contributed by atoms with E-state index in [2.05, 4.69) is 197 Å². The zero-order chi connectivity index (χ0) is 42.8. The first-order chi connectivity index (χ1) is 28.4. The second kappa shape index (κ2) is 16.4. The Morgan fingerprint density at radius 2 is 1.53 bits per heavy atom. The largest absolute Gasteiger partial charge is 0.362 e. The predicted molar refractivity (Wildman–Crippen MR) is 267 cm³/mol. The summed E-state index contributed by atoms with van der Waals surface area (Å²) in [5.74, 6) is 2.96. The van der Waals surface area contributed by atoms with Gasteiger partial charge in [-0.15, -0.1) is 11.3 Å². The molecule has 1 aromatic heterocycles. The van der Waals surface area contributed by atoms with Gasteiger partial charge in [0.2, 0.25) is 0 Å². The Morgan fingerprint density at radius 1 is 0.833 bits per heavy atom. The van der Waals surface area contributed by atoms with E-state index in [0.717, 1.165) is 12.8 Å². The van der Waals surface area contributed by atoms with Crippen molar-refractivity contribution in [3.63, 3.8) is 0 Å². The summed E-state index contributed by atoms with van der Waals surface area (Å²) >= 11 is 2.03. The van der Waals surface area contributed by atoms with Crippen molar-refractivity contribution >= 4 is 60.9 Å². The fourth-order valence-corrected chi connectivity index (χ4v) is 11.6. The second-order valence-corrected chi connectivity index (χ2v) is 22.9. The van der Waals surface area contributed by atoms with E-state index in [1.165, 1.54) is 78.0 Å². The van der Waals surface area contributed by atoms with Gasteiger partial charge < -0.3 is 10.2 Å². The van der Waals surface area contributed by atoms with Gasteiger partial charge in [-0.3, -0.25) is 0 Å². The number of fused-ring (bicyclic) bond motifs is 4. The van der Waals surface area contributed by atoms with Crippen LogP contribution in [0.4, 0.5) is 17.1 Å². The summed E-state index contributed by atoms with van der Waals surface area (Å²) in [4.78, 5) is 2.77. The van der Waals surface area contributed by atoms with Crippen molar-refractivity contribution in [1.82, 2.24) is 0 Å². The molecule has 5 unspecified atom stereocenters. The van der Waals surface area contributed by atoms with Gasteiger partial charge in [0.05, 0.1) is 6.04 Å². The summed E-state index contributed by atoms with van der Waals surface area (Å²) in [5, 5.41) is 5.34. The highest BCUT2D eigenvalue weighted by molar-refractivity contribution is 7.32. The number of thiophene rings is 1. The number of allylic oxidation sites excluding steroid dienone is 7. The van der Waals surface area contributed by atoms with Crippen molar-refractivity contribution in [2.24, 2.45) is 29.1 Å². The third-order valence-electron chi connectivity index (χ3n) is 14.1. The number of hydrogen-bond donors (Lipinski definition) is 1. The molecule has 2 heterocycles. The summed E-state index contributed by atoms with van der Waals surface area (Å²) in [6.45, 7) is 30.6. The zero-order valence-electron chi connectivity index (χ0n) is 39.0. The van der Waals surface area contributed by atoms with Gasteiger partial charge in [0.15, 0.2) is 0 Å². The van der Waals surface area contributed by atoms with Crippen molar-refractivity contribution in [3.8, 4) is 0 Å². The van der Waals surface area contributed by atoms with E-state index in [4.69, 9.17) is 0 Å². The van der Waals surface area contributed by atoms with Crippen LogP contribution < -0.4 is 25.9 Å². The Morgan fingerprint density at radius 3 is 2.18 bits per heavy atom. The van der Waals surface area contributed by atoms with E-state index < -0.39 is 0 Å². The van der Waals surface area contributed by atoms with Crippen LogP contribution in [-0.2, 0) is 5.41 Å². The van der Waals surface area contributed by atoms with Gasteiger partial charge in [-0.05, 0) is 170 Å². The summed E-state index contributed by atoms with van der Waals surface area (Å²) in [6, 6.07) is 20.3. The minimum absolute atomic E-state index is 0.00968. The standard InChI is InChI=1S/C56H71BN2S/c1-34(2)39-17-19-40(20-18-39)46-29-41(35(3)4)21-23-49(46)59-50-24-22-43(56(11,12)13)32-47(50)57(54-48(27-36(5)28-51(54)59)58-26-14-25-55(8,9)10)53-31-42-30-44-37(6)15-16-38(7)45(44)33-52(42)60-53/h14,17-19,21-24,26-35,37-38,40,46,49,58H,15-16,20,25H2,1-13H3/b26-14+. The fraction of sp³-hybridized carbons (Fsp3) is 0.464. The van der Waals surface area contributed by atoms with Gasteiger partial charge in [0.25, 0.3) is 6.71 Å². The third-order valence-corrected chi connectivity index (χ3v) is 15.2. The van der Waals surface area contributed by atoms with Crippen LogP contribution in [0.2, 0.25) is 0 Å². The van der Waals surface area contributed by atoms with Crippen LogP contribution in [0, 0.1) is 36.0 Å². The molecular weight excluding hydrogens is 744 g/mol. The van der Waals surface area contributed by atoms with Crippen molar-refractivity contribution in [2.45, 2.75) is 139 Å². The molecule has 0 fully saturated rings. The maximum atomic E-state index is 3.94. The van der Waals surface area contributed by atoms with Gasteiger partial charge in [0.1, 0.15) is 0 Å². The van der Waals surface area contributed by atoms with Gasteiger partial charge >= 0.3 is 0 Å². The summed E-state index contributed by atoms with van der Waals surface area (Å²) in [6.07, 6.45) is 24.3. The summed E-state index contributed by atoms with van der Waals surface area (Å²) < 4.78 is 2.86. The lowest BCUT2D eigenvalue weighted by atomic mass is 9.37. The monoisotopic (exact) mass is 815 g/mol. The number of anilines is 3. The van der Waals surface area contributed by atoms with Crippen LogP contribution in [0.5, 0.6) is 0 Å². The zero-order valence-corrected chi connectivity index (χ0v) is 39.9. The molecule has 314 valence electrons. The molecule has 3 aliphatic carbocycles. The molecule has 0 saturated carbocycles. The molecule has 5 atom stereocenters. The minimum atomic E-state index is 0.00968. The molecule has 60 heavy (non-hydrogen) atoms. The number of nitrogens with one attached hydrogen (secondary N) is 1. The van der Waals surface area contributed by atoms with Gasteiger partial charge in [-0.1, -0.05) is 138 Å². The Balaban J connectivity index is 1.37. The van der Waals surface area contributed by atoms with E-state index in [1.807, 2.05) is 11.3 Å². The molecule has 0 spiro atoms. The molecule has 4 heteroatoms. The molecule has 2 nitrogen and oxygen atoms in total. The number of rotatable bonds is 8. The van der Waals surface area contributed by atoms with Crippen molar-refractivity contribution < 1.29 is 0 Å². The molecule has 0 saturated heterocycles. The lowest BCUT2D eigenvalue weighted by Crippen LogP contribution is -2.60. The van der Waals surface area contributed by atoms with E-state index in [0.29, 0.717) is 35.5 Å². The average molecular weight is 815 g/mol. The fourth-order valence-electron chi connectivity index (χ4n) is 10.4. The molecule has 1 aliphatic heterocycles. The number of aryl methyl sites for hydroxylation is 1. The summed E-state index contributed by atoms with van der Waals surface area (Å²) in [5.41, 5.74) is 15.7. The molecule has 0 radical (unpaired) electrons. The van der Waals surface area contributed by atoms with Crippen LogP contribution in [0.25, 0.3) is 10.1 Å². The molecule has 4 aliphatic rings. The normalized spacial score (nSPS) is 23.0. The summed E-state index contributed by atoms with van der Waals surface area (Å²) in [7, 11) is 0. The van der Waals surface area contributed by atoms with Crippen LogP contribution in [0.1, 0.15) is 143 Å². The number of nitrogens with zero attached hydrogens (tertiary/aromatic N) is 1. The molecular formula is C56H71BN2S. The van der Waals surface area contributed by atoms with Crippen molar-refractivity contribution in [1.29, 1.82) is 0 Å². The number of benzene rings is 3. The maximum Gasteiger partial charge on any atom is 0.261 e. The average Bonchev–Trinajstić information content (AvgIpc) is 3.61.